The number of benzene rings is 1. The first-order chi connectivity index (χ1) is 7.99. The SMILES string of the molecule is CC(O)CCNC(=O)Nc1ccc(F)cc1F. The van der Waals surface area contributed by atoms with Gasteiger partial charge in [-0.15, -0.1) is 0 Å². The highest BCUT2D eigenvalue weighted by molar-refractivity contribution is 5.89. The lowest BCUT2D eigenvalue weighted by molar-refractivity contribution is 0.184. The molecule has 94 valence electrons. The minimum atomic E-state index is -0.837. The number of aliphatic hydroxyl groups is 1. The Labute approximate surface area is 97.6 Å². The molecule has 1 aromatic carbocycles. The highest BCUT2D eigenvalue weighted by atomic mass is 19.1. The van der Waals surface area contributed by atoms with E-state index in [0.29, 0.717) is 12.5 Å². The van der Waals surface area contributed by atoms with Gasteiger partial charge in [0.05, 0.1) is 11.8 Å². The number of hydrogen-bond donors (Lipinski definition) is 3. The van der Waals surface area contributed by atoms with E-state index < -0.39 is 23.8 Å². The summed E-state index contributed by atoms with van der Waals surface area (Å²) in [5.74, 6) is -1.54. The highest BCUT2D eigenvalue weighted by Gasteiger charge is 2.07. The molecule has 4 nitrogen and oxygen atoms in total. The third-order valence-corrected chi connectivity index (χ3v) is 2.03. The van der Waals surface area contributed by atoms with Crippen LogP contribution in [0.2, 0.25) is 0 Å². The number of hydrogen-bond acceptors (Lipinski definition) is 2. The van der Waals surface area contributed by atoms with Gasteiger partial charge in [0.1, 0.15) is 11.6 Å². The maximum absolute atomic E-state index is 13.1. The molecule has 0 radical (unpaired) electrons. The number of halogens is 2. The fourth-order valence-corrected chi connectivity index (χ4v) is 1.15. The number of rotatable bonds is 4. The second-order valence-electron chi connectivity index (χ2n) is 3.64. The van der Waals surface area contributed by atoms with Gasteiger partial charge in [0.2, 0.25) is 0 Å². The Balaban J connectivity index is 2.45. The van der Waals surface area contributed by atoms with E-state index in [9.17, 15) is 13.6 Å². The number of carbonyl (C=O) groups is 1. The van der Waals surface area contributed by atoms with Gasteiger partial charge in [-0.3, -0.25) is 0 Å². The van der Waals surface area contributed by atoms with E-state index in [4.69, 9.17) is 5.11 Å². The van der Waals surface area contributed by atoms with Crippen molar-refractivity contribution in [2.45, 2.75) is 19.4 Å². The van der Waals surface area contributed by atoms with Gasteiger partial charge in [-0.2, -0.15) is 0 Å². The molecule has 0 aliphatic rings. The first-order valence-corrected chi connectivity index (χ1v) is 5.17. The van der Waals surface area contributed by atoms with Crippen molar-refractivity contribution < 1.29 is 18.7 Å². The lowest BCUT2D eigenvalue weighted by Gasteiger charge is -2.09. The minimum absolute atomic E-state index is 0.0963. The molecule has 6 heteroatoms. The largest absolute Gasteiger partial charge is 0.393 e. The van der Waals surface area contributed by atoms with Gasteiger partial charge in [0, 0.05) is 12.6 Å². The topological polar surface area (TPSA) is 61.4 Å². The van der Waals surface area contributed by atoms with Crippen LogP contribution in [0.15, 0.2) is 18.2 Å². The third kappa shape index (κ3) is 4.78. The van der Waals surface area contributed by atoms with E-state index in [1.54, 1.807) is 6.92 Å². The quantitative estimate of drug-likeness (QED) is 0.757. The van der Waals surface area contributed by atoms with Gasteiger partial charge in [-0.25, -0.2) is 13.6 Å². The molecule has 17 heavy (non-hydrogen) atoms. The van der Waals surface area contributed by atoms with Crippen molar-refractivity contribution in [3.8, 4) is 0 Å². The van der Waals surface area contributed by atoms with Gasteiger partial charge >= 0.3 is 6.03 Å². The molecule has 3 N–H and O–H groups in total. The van der Waals surface area contributed by atoms with Crippen molar-refractivity contribution in [2.24, 2.45) is 0 Å². The molecule has 2 amide bonds. The molecule has 0 aliphatic carbocycles. The minimum Gasteiger partial charge on any atom is -0.393 e. The molecule has 1 aromatic rings. The highest BCUT2D eigenvalue weighted by Crippen LogP contribution is 2.14. The van der Waals surface area contributed by atoms with Crippen LogP contribution in [0.5, 0.6) is 0 Å². The molecule has 0 fully saturated rings. The summed E-state index contributed by atoms with van der Waals surface area (Å²) in [4.78, 5) is 11.3. The summed E-state index contributed by atoms with van der Waals surface area (Å²) in [6, 6.07) is 2.27. The van der Waals surface area contributed by atoms with Gasteiger partial charge in [-0.05, 0) is 25.5 Å². The van der Waals surface area contributed by atoms with E-state index in [1.165, 1.54) is 0 Å². The lowest BCUT2D eigenvalue weighted by Crippen LogP contribution is -2.31. The third-order valence-electron chi connectivity index (χ3n) is 2.03. The molecule has 1 atom stereocenters. The summed E-state index contributed by atoms with van der Waals surface area (Å²) < 4.78 is 25.7. The summed E-state index contributed by atoms with van der Waals surface area (Å²) in [6.45, 7) is 1.87. The summed E-state index contributed by atoms with van der Waals surface area (Å²) in [5.41, 5.74) is -0.0963. The first-order valence-electron chi connectivity index (χ1n) is 5.17. The Morgan fingerprint density at radius 1 is 1.47 bits per heavy atom. The second kappa shape index (κ2) is 6.15. The predicted octanol–water partition coefficient (Wildman–Crippen LogP) is 1.86. The molecule has 0 aromatic heterocycles. The van der Waals surface area contributed by atoms with Crippen molar-refractivity contribution in [1.29, 1.82) is 0 Å². The molecule has 0 saturated heterocycles. The van der Waals surface area contributed by atoms with E-state index in [0.717, 1.165) is 12.1 Å². The fourth-order valence-electron chi connectivity index (χ4n) is 1.15. The molecule has 1 rings (SSSR count). The fraction of sp³-hybridized carbons (Fsp3) is 0.364. The smallest absolute Gasteiger partial charge is 0.319 e. The van der Waals surface area contributed by atoms with E-state index in [-0.39, 0.29) is 12.2 Å². The zero-order valence-electron chi connectivity index (χ0n) is 9.34. The molecule has 0 spiro atoms. The van der Waals surface area contributed by atoms with Crippen LogP contribution in [-0.2, 0) is 0 Å². The van der Waals surface area contributed by atoms with Crippen LogP contribution in [0, 0.1) is 11.6 Å². The number of anilines is 1. The number of carbonyl (C=O) groups excluding carboxylic acids is 1. The average molecular weight is 244 g/mol. The number of aliphatic hydroxyl groups excluding tert-OH is 1. The normalized spacial score (nSPS) is 12.0. The molecule has 0 aliphatic heterocycles. The van der Waals surface area contributed by atoms with E-state index in [1.807, 2.05) is 0 Å². The van der Waals surface area contributed by atoms with E-state index in [2.05, 4.69) is 10.6 Å². The Kier molecular flexibility index (Phi) is 4.84. The number of amides is 2. The predicted molar refractivity (Wildman–Crippen MR) is 59.7 cm³/mol. The van der Waals surface area contributed by atoms with Crippen LogP contribution in [0.1, 0.15) is 13.3 Å². The molecular weight excluding hydrogens is 230 g/mol. The number of urea groups is 1. The Morgan fingerprint density at radius 3 is 2.76 bits per heavy atom. The monoisotopic (exact) mass is 244 g/mol. The van der Waals surface area contributed by atoms with Crippen molar-refractivity contribution in [2.75, 3.05) is 11.9 Å². The Hall–Kier alpha value is -1.69. The van der Waals surface area contributed by atoms with Gasteiger partial charge in [0.25, 0.3) is 0 Å². The van der Waals surface area contributed by atoms with Crippen LogP contribution >= 0.6 is 0 Å². The lowest BCUT2D eigenvalue weighted by atomic mass is 10.3. The summed E-state index contributed by atoms with van der Waals surface area (Å²) in [6.07, 6.45) is -0.114. The van der Waals surface area contributed by atoms with Crippen LogP contribution < -0.4 is 10.6 Å². The summed E-state index contributed by atoms with van der Waals surface area (Å²) >= 11 is 0. The number of nitrogens with one attached hydrogen (secondary N) is 2. The van der Waals surface area contributed by atoms with Crippen molar-refractivity contribution >= 4 is 11.7 Å². The zero-order valence-corrected chi connectivity index (χ0v) is 9.34. The summed E-state index contributed by atoms with van der Waals surface area (Å²) in [5, 5.41) is 13.6. The van der Waals surface area contributed by atoms with Crippen molar-refractivity contribution in [3.05, 3.63) is 29.8 Å². The Bertz CT molecular complexity index is 397. The van der Waals surface area contributed by atoms with Crippen LogP contribution in [-0.4, -0.2) is 23.8 Å². The van der Waals surface area contributed by atoms with Gasteiger partial charge < -0.3 is 15.7 Å². The molecule has 1 unspecified atom stereocenters. The zero-order chi connectivity index (χ0) is 12.8. The van der Waals surface area contributed by atoms with Crippen LogP contribution in [0.3, 0.4) is 0 Å². The van der Waals surface area contributed by atoms with Gasteiger partial charge in [0.15, 0.2) is 0 Å². The summed E-state index contributed by atoms with van der Waals surface area (Å²) in [7, 11) is 0. The van der Waals surface area contributed by atoms with E-state index >= 15 is 0 Å². The molecule has 0 bridgehead atoms. The molecule has 0 saturated carbocycles. The molecular formula is C11H14F2N2O2. The van der Waals surface area contributed by atoms with Crippen LogP contribution in [0.25, 0.3) is 0 Å². The maximum Gasteiger partial charge on any atom is 0.319 e. The van der Waals surface area contributed by atoms with Crippen molar-refractivity contribution in [3.63, 3.8) is 0 Å². The molecule has 0 heterocycles. The van der Waals surface area contributed by atoms with Gasteiger partial charge in [-0.1, -0.05) is 0 Å². The first kappa shape index (κ1) is 13.4. The average Bonchev–Trinajstić information content (AvgIpc) is 2.21. The standard InChI is InChI=1S/C11H14F2N2O2/c1-7(16)4-5-14-11(17)15-10-3-2-8(12)6-9(10)13/h2-3,6-7,16H,4-5H2,1H3,(H2,14,15,17). The second-order valence-corrected chi connectivity index (χ2v) is 3.64. The maximum atomic E-state index is 13.1. The van der Waals surface area contributed by atoms with Crippen LogP contribution in [0.4, 0.5) is 19.3 Å². The van der Waals surface area contributed by atoms with Crippen molar-refractivity contribution in [1.82, 2.24) is 5.32 Å². The Morgan fingerprint density at radius 2 is 2.18 bits per heavy atom.